The van der Waals surface area contributed by atoms with Gasteiger partial charge in [-0.2, -0.15) is 4.31 Å². The molecule has 3 aromatic rings. The molecule has 2 amide bonds. The van der Waals surface area contributed by atoms with Crippen molar-refractivity contribution >= 4 is 44.4 Å². The Morgan fingerprint density at radius 1 is 0.878 bits per heavy atom. The number of amides is 2. The molecule has 3 aromatic carbocycles. The third-order valence-electron chi connectivity index (χ3n) is 7.12. The summed E-state index contributed by atoms with van der Waals surface area (Å²) in [5.74, 6) is 0.363. The molecule has 0 unspecified atom stereocenters. The molecule has 0 radical (unpaired) electrons. The number of sulfonamides is 1. The van der Waals surface area contributed by atoms with Crippen molar-refractivity contribution < 1.29 is 27.5 Å². The van der Waals surface area contributed by atoms with Crippen LogP contribution in [0.25, 0.3) is 10.8 Å². The highest BCUT2D eigenvalue weighted by atomic mass is 35.5. The van der Waals surface area contributed by atoms with Gasteiger partial charge in [-0.3, -0.25) is 4.79 Å². The first kappa shape index (κ1) is 29.2. The van der Waals surface area contributed by atoms with E-state index in [0.717, 1.165) is 10.8 Å². The van der Waals surface area contributed by atoms with E-state index in [2.05, 4.69) is 0 Å². The highest BCUT2D eigenvalue weighted by Gasteiger charge is 2.32. The first-order valence-electron chi connectivity index (χ1n) is 13.6. The first-order chi connectivity index (χ1) is 19.4. The molecule has 0 bridgehead atoms. The molecule has 0 N–H and O–H groups in total. The van der Waals surface area contributed by atoms with Crippen LogP contribution in [-0.4, -0.2) is 85.5 Å². The molecule has 1 atom stereocenters. The minimum Gasteiger partial charge on any atom is -0.488 e. The van der Waals surface area contributed by atoms with Crippen LogP contribution >= 0.6 is 11.6 Å². The summed E-state index contributed by atoms with van der Waals surface area (Å²) in [5, 5.41) is 2.25. The zero-order chi connectivity index (χ0) is 29.4. The van der Waals surface area contributed by atoms with Gasteiger partial charge in [0.2, 0.25) is 10.0 Å². The van der Waals surface area contributed by atoms with Crippen LogP contribution < -0.4 is 4.74 Å². The normalized spacial score (nSPS) is 18.5. The lowest BCUT2D eigenvalue weighted by atomic mass is 10.1. The molecule has 5 rings (SSSR count). The first-order valence-corrected chi connectivity index (χ1v) is 15.4. The van der Waals surface area contributed by atoms with Gasteiger partial charge in [0.25, 0.3) is 5.91 Å². The molecular weight excluding hydrogens is 566 g/mol. The highest BCUT2D eigenvalue weighted by molar-refractivity contribution is 7.89. The van der Waals surface area contributed by atoms with Crippen molar-refractivity contribution in [2.45, 2.75) is 43.8 Å². The Morgan fingerprint density at radius 2 is 1.59 bits per heavy atom. The van der Waals surface area contributed by atoms with Crippen LogP contribution in [0.2, 0.25) is 5.02 Å². The van der Waals surface area contributed by atoms with Gasteiger partial charge in [-0.05, 0) is 74.0 Å². The summed E-state index contributed by atoms with van der Waals surface area (Å²) in [4.78, 5) is 29.2. The van der Waals surface area contributed by atoms with Crippen molar-refractivity contribution in [3.8, 4) is 5.75 Å². The van der Waals surface area contributed by atoms with Gasteiger partial charge in [0.05, 0.1) is 11.4 Å². The summed E-state index contributed by atoms with van der Waals surface area (Å²) in [6, 6.07) is 17.3. The maximum absolute atomic E-state index is 13.3. The molecule has 0 spiro atoms. The number of piperazine rings is 1. The van der Waals surface area contributed by atoms with E-state index in [-0.39, 0.29) is 49.2 Å². The third kappa shape index (κ3) is 6.77. The van der Waals surface area contributed by atoms with Crippen LogP contribution in [0.15, 0.2) is 65.6 Å². The summed E-state index contributed by atoms with van der Waals surface area (Å²) < 4.78 is 39.6. The smallest absolute Gasteiger partial charge is 0.410 e. The summed E-state index contributed by atoms with van der Waals surface area (Å²) in [5.41, 5.74) is -0.0968. The molecule has 11 heteroatoms. The van der Waals surface area contributed by atoms with Crippen LogP contribution in [0.4, 0.5) is 4.79 Å². The van der Waals surface area contributed by atoms with Gasteiger partial charge in [0.1, 0.15) is 17.5 Å². The fourth-order valence-corrected chi connectivity index (χ4v) is 6.67. The van der Waals surface area contributed by atoms with E-state index in [4.69, 9.17) is 21.1 Å². The van der Waals surface area contributed by atoms with E-state index >= 15 is 0 Å². The molecule has 2 fully saturated rings. The molecule has 0 aromatic heterocycles. The molecular formula is C30H34ClN3O6S. The number of fused-ring (bicyclic) bond motifs is 1. The number of likely N-dealkylation sites (tertiary alicyclic amines) is 1. The van der Waals surface area contributed by atoms with Crippen molar-refractivity contribution in [1.82, 2.24) is 14.1 Å². The molecule has 2 heterocycles. The van der Waals surface area contributed by atoms with Crippen LogP contribution in [0, 0.1) is 0 Å². The minimum atomic E-state index is -3.71. The average molecular weight is 600 g/mol. The van der Waals surface area contributed by atoms with E-state index in [1.54, 1.807) is 70.5 Å². The zero-order valence-electron chi connectivity index (χ0n) is 23.4. The van der Waals surface area contributed by atoms with Crippen LogP contribution in [0.5, 0.6) is 5.75 Å². The van der Waals surface area contributed by atoms with Gasteiger partial charge in [0.15, 0.2) is 0 Å². The largest absolute Gasteiger partial charge is 0.488 e. The zero-order valence-corrected chi connectivity index (χ0v) is 25.0. The highest BCUT2D eigenvalue weighted by Crippen LogP contribution is 2.26. The number of benzene rings is 3. The Hall–Kier alpha value is -3.34. The summed E-state index contributed by atoms with van der Waals surface area (Å²) in [7, 11) is -3.71. The standard InChI is InChI=1S/C30H34ClN3O6S/c1-30(2,3)40-29(36)33-12-11-26(20-33)39-25-6-4-5-23(18-25)28(35)32-13-15-34(16-14-32)41(37,38)27-10-8-21-17-24(31)9-7-22(21)19-27/h4-10,17-19,26H,11-16,20H2,1-3H3/t26-/m1/s1. The van der Waals surface area contributed by atoms with Gasteiger partial charge in [-0.25, -0.2) is 13.2 Å². The van der Waals surface area contributed by atoms with E-state index in [1.807, 2.05) is 20.8 Å². The summed E-state index contributed by atoms with van der Waals surface area (Å²) in [6.07, 6.45) is 0.103. The number of rotatable bonds is 5. The number of hydrogen-bond donors (Lipinski definition) is 0. The maximum atomic E-state index is 13.3. The number of carbonyl (C=O) groups excluding carboxylic acids is 2. The Morgan fingerprint density at radius 3 is 2.32 bits per heavy atom. The average Bonchev–Trinajstić information content (AvgIpc) is 3.40. The lowest BCUT2D eigenvalue weighted by molar-refractivity contribution is 0.0275. The van der Waals surface area contributed by atoms with Crippen molar-refractivity contribution in [2.24, 2.45) is 0 Å². The van der Waals surface area contributed by atoms with Gasteiger partial charge >= 0.3 is 6.09 Å². The van der Waals surface area contributed by atoms with Crippen LogP contribution in [0.1, 0.15) is 37.6 Å². The number of nitrogens with zero attached hydrogens (tertiary/aromatic N) is 3. The maximum Gasteiger partial charge on any atom is 0.410 e. The monoisotopic (exact) mass is 599 g/mol. The molecule has 41 heavy (non-hydrogen) atoms. The minimum absolute atomic E-state index is 0.183. The van der Waals surface area contributed by atoms with E-state index in [9.17, 15) is 18.0 Å². The Balaban J connectivity index is 1.18. The SMILES string of the molecule is CC(C)(C)OC(=O)N1CC[C@@H](Oc2cccc(C(=O)N3CCN(S(=O)(=O)c4ccc5cc(Cl)ccc5c4)CC3)c2)C1. The topological polar surface area (TPSA) is 96.5 Å². The second-order valence-electron chi connectivity index (χ2n) is 11.3. The molecule has 218 valence electrons. The van der Waals surface area contributed by atoms with E-state index in [0.29, 0.717) is 35.8 Å². The molecule has 2 aliphatic rings. The molecule has 0 saturated carbocycles. The van der Waals surface area contributed by atoms with Gasteiger partial charge in [-0.1, -0.05) is 29.8 Å². The lowest BCUT2D eigenvalue weighted by Crippen LogP contribution is -2.50. The number of ether oxygens (including phenoxy) is 2. The Kier molecular flexibility index (Phi) is 8.18. The molecule has 9 nitrogen and oxygen atoms in total. The molecule has 2 aliphatic heterocycles. The van der Waals surface area contributed by atoms with Crippen molar-refractivity contribution in [1.29, 1.82) is 0 Å². The molecule has 2 saturated heterocycles. The number of carbonyl (C=O) groups is 2. The van der Waals surface area contributed by atoms with E-state index < -0.39 is 15.6 Å². The number of halogens is 1. The van der Waals surface area contributed by atoms with Crippen LogP contribution in [-0.2, 0) is 14.8 Å². The van der Waals surface area contributed by atoms with Gasteiger partial charge in [0, 0.05) is 49.7 Å². The molecule has 0 aliphatic carbocycles. The Bertz CT molecular complexity index is 1560. The predicted molar refractivity (Wildman–Crippen MR) is 157 cm³/mol. The quantitative estimate of drug-likeness (QED) is 0.408. The van der Waals surface area contributed by atoms with Gasteiger partial charge in [-0.15, -0.1) is 0 Å². The predicted octanol–water partition coefficient (Wildman–Crippen LogP) is 5.03. The lowest BCUT2D eigenvalue weighted by Gasteiger charge is -2.34. The van der Waals surface area contributed by atoms with Gasteiger partial charge < -0.3 is 19.3 Å². The second kappa shape index (κ2) is 11.5. The second-order valence-corrected chi connectivity index (χ2v) is 13.7. The van der Waals surface area contributed by atoms with E-state index in [1.165, 1.54) is 4.31 Å². The summed E-state index contributed by atoms with van der Waals surface area (Å²) >= 11 is 6.05. The number of hydrogen-bond acceptors (Lipinski definition) is 6. The summed E-state index contributed by atoms with van der Waals surface area (Å²) in [6.45, 7) is 7.40. The Labute approximate surface area is 245 Å². The third-order valence-corrected chi connectivity index (χ3v) is 9.25. The van der Waals surface area contributed by atoms with Crippen molar-refractivity contribution in [3.63, 3.8) is 0 Å². The van der Waals surface area contributed by atoms with Crippen LogP contribution in [0.3, 0.4) is 0 Å². The fourth-order valence-electron chi connectivity index (χ4n) is 5.03. The fraction of sp³-hybridized carbons (Fsp3) is 0.400. The van der Waals surface area contributed by atoms with Crippen molar-refractivity contribution in [3.05, 3.63) is 71.2 Å². The van der Waals surface area contributed by atoms with Crippen molar-refractivity contribution in [2.75, 3.05) is 39.3 Å².